The zero-order valence-corrected chi connectivity index (χ0v) is 18.2. The number of aryl methyl sites for hydroxylation is 1. The number of hydrogen-bond acceptors (Lipinski definition) is 4. The predicted octanol–water partition coefficient (Wildman–Crippen LogP) is 3.86. The van der Waals surface area contributed by atoms with E-state index in [0.717, 1.165) is 43.4 Å². The SMILES string of the molecule is Cc1ccccc1C(=O)NCc1cc(F)c(-c2nn(C3CCCC3)c(N)c2C(N)=O)cc1F. The van der Waals surface area contributed by atoms with Gasteiger partial charge in [-0.2, -0.15) is 5.10 Å². The van der Waals surface area contributed by atoms with Crippen molar-refractivity contribution >= 4 is 17.6 Å². The molecule has 1 heterocycles. The van der Waals surface area contributed by atoms with E-state index in [0.29, 0.717) is 5.56 Å². The van der Waals surface area contributed by atoms with E-state index in [1.54, 1.807) is 31.2 Å². The van der Waals surface area contributed by atoms with Crippen LogP contribution in [0.4, 0.5) is 14.6 Å². The van der Waals surface area contributed by atoms with Gasteiger partial charge in [-0.05, 0) is 43.5 Å². The number of halogens is 2. The van der Waals surface area contributed by atoms with Crippen molar-refractivity contribution in [3.8, 4) is 11.3 Å². The van der Waals surface area contributed by atoms with Gasteiger partial charge in [0.1, 0.15) is 28.7 Å². The van der Waals surface area contributed by atoms with E-state index in [9.17, 15) is 14.0 Å². The molecule has 0 radical (unpaired) electrons. The summed E-state index contributed by atoms with van der Waals surface area (Å²) >= 11 is 0. The molecule has 0 atom stereocenters. The van der Waals surface area contributed by atoms with Crippen molar-refractivity contribution in [2.24, 2.45) is 5.73 Å². The number of nitrogens with two attached hydrogens (primary N) is 2. The molecule has 172 valence electrons. The highest BCUT2D eigenvalue weighted by Crippen LogP contribution is 2.36. The van der Waals surface area contributed by atoms with Gasteiger partial charge < -0.3 is 16.8 Å². The number of carbonyl (C=O) groups excluding carboxylic acids is 2. The van der Waals surface area contributed by atoms with Gasteiger partial charge in [-0.15, -0.1) is 0 Å². The summed E-state index contributed by atoms with van der Waals surface area (Å²) in [6, 6.07) is 8.90. The van der Waals surface area contributed by atoms with Crippen LogP contribution in [0.15, 0.2) is 36.4 Å². The maximum absolute atomic E-state index is 15.1. The van der Waals surface area contributed by atoms with Gasteiger partial charge >= 0.3 is 0 Å². The smallest absolute Gasteiger partial charge is 0.254 e. The van der Waals surface area contributed by atoms with E-state index in [2.05, 4.69) is 10.4 Å². The van der Waals surface area contributed by atoms with E-state index in [4.69, 9.17) is 11.5 Å². The molecule has 1 fully saturated rings. The molecule has 2 aromatic carbocycles. The van der Waals surface area contributed by atoms with E-state index in [-0.39, 0.29) is 40.8 Å². The first-order valence-electron chi connectivity index (χ1n) is 10.8. The molecule has 1 aliphatic carbocycles. The number of amides is 2. The third-order valence-corrected chi connectivity index (χ3v) is 6.08. The lowest BCUT2D eigenvalue weighted by molar-refractivity contribution is 0.0948. The van der Waals surface area contributed by atoms with Gasteiger partial charge in [0.25, 0.3) is 11.8 Å². The molecule has 4 rings (SSSR count). The first-order chi connectivity index (χ1) is 15.8. The molecule has 9 heteroatoms. The molecule has 0 bridgehead atoms. The third-order valence-electron chi connectivity index (χ3n) is 6.08. The summed E-state index contributed by atoms with van der Waals surface area (Å²) in [5.74, 6) is -2.74. The quantitative estimate of drug-likeness (QED) is 0.525. The number of nitrogens with one attached hydrogen (secondary N) is 1. The molecule has 33 heavy (non-hydrogen) atoms. The Bertz CT molecular complexity index is 1230. The minimum absolute atomic E-state index is 0.0133. The van der Waals surface area contributed by atoms with E-state index in [1.807, 2.05) is 0 Å². The summed E-state index contributed by atoms with van der Waals surface area (Å²) in [4.78, 5) is 24.5. The Morgan fingerprint density at radius 3 is 2.52 bits per heavy atom. The maximum atomic E-state index is 15.1. The first kappa shape index (κ1) is 22.4. The van der Waals surface area contributed by atoms with Gasteiger partial charge in [0.05, 0.1) is 6.04 Å². The summed E-state index contributed by atoms with van der Waals surface area (Å²) < 4.78 is 31.5. The van der Waals surface area contributed by atoms with Crippen molar-refractivity contribution in [3.63, 3.8) is 0 Å². The summed E-state index contributed by atoms with van der Waals surface area (Å²) in [6.45, 7) is 1.58. The van der Waals surface area contributed by atoms with E-state index < -0.39 is 23.4 Å². The second kappa shape index (κ2) is 9.01. The van der Waals surface area contributed by atoms with Crippen LogP contribution >= 0.6 is 0 Å². The lowest BCUT2D eigenvalue weighted by atomic mass is 10.0. The highest BCUT2D eigenvalue weighted by atomic mass is 19.1. The van der Waals surface area contributed by atoms with Crippen LogP contribution in [0.5, 0.6) is 0 Å². The second-order valence-electron chi connectivity index (χ2n) is 8.28. The predicted molar refractivity (Wildman–Crippen MR) is 120 cm³/mol. The van der Waals surface area contributed by atoms with Crippen molar-refractivity contribution in [2.45, 2.75) is 45.2 Å². The third kappa shape index (κ3) is 4.30. The zero-order valence-electron chi connectivity index (χ0n) is 18.2. The Morgan fingerprint density at radius 2 is 1.85 bits per heavy atom. The number of nitrogen functional groups attached to an aromatic ring is 1. The standard InChI is InChI=1S/C24H25F2N5O2/c1-13-6-2-5-9-16(13)24(33)29-12-14-10-19(26)17(11-18(14)25)21-20(23(28)32)22(27)31(30-21)15-7-3-4-8-15/h2,5-6,9-11,15H,3-4,7-8,12,27H2,1H3,(H2,28,32)(H,29,33). The summed E-state index contributed by atoms with van der Waals surface area (Å²) in [6.07, 6.45) is 3.66. The van der Waals surface area contributed by atoms with Crippen LogP contribution in [-0.2, 0) is 6.54 Å². The average molecular weight is 453 g/mol. The highest BCUT2D eigenvalue weighted by molar-refractivity contribution is 6.03. The number of rotatable bonds is 6. The average Bonchev–Trinajstić information content (AvgIpc) is 3.42. The van der Waals surface area contributed by atoms with Crippen molar-refractivity contribution in [2.75, 3.05) is 5.73 Å². The number of benzene rings is 2. The van der Waals surface area contributed by atoms with Crippen LogP contribution in [0.25, 0.3) is 11.3 Å². The Labute approximate surface area is 189 Å². The van der Waals surface area contributed by atoms with Crippen molar-refractivity contribution in [1.82, 2.24) is 15.1 Å². The van der Waals surface area contributed by atoms with Crippen molar-refractivity contribution < 1.29 is 18.4 Å². The van der Waals surface area contributed by atoms with Crippen LogP contribution in [0, 0.1) is 18.6 Å². The lowest BCUT2D eigenvalue weighted by Gasteiger charge is -2.11. The molecule has 7 nitrogen and oxygen atoms in total. The molecule has 2 amide bonds. The number of primary amides is 1. The molecule has 1 aliphatic rings. The fourth-order valence-electron chi connectivity index (χ4n) is 4.31. The monoisotopic (exact) mass is 453 g/mol. The van der Waals surface area contributed by atoms with Crippen molar-refractivity contribution in [3.05, 3.63) is 70.3 Å². The van der Waals surface area contributed by atoms with Gasteiger partial charge in [0.2, 0.25) is 0 Å². The molecule has 5 N–H and O–H groups in total. The number of anilines is 1. The molecule has 1 aromatic heterocycles. The summed E-state index contributed by atoms with van der Waals surface area (Å²) in [5, 5.41) is 6.96. The topological polar surface area (TPSA) is 116 Å². The van der Waals surface area contributed by atoms with E-state index >= 15 is 4.39 Å². The number of aromatic nitrogens is 2. The lowest BCUT2D eigenvalue weighted by Crippen LogP contribution is -2.24. The summed E-state index contributed by atoms with van der Waals surface area (Å²) in [5.41, 5.74) is 12.4. The Kier molecular flexibility index (Phi) is 6.13. The number of nitrogens with zero attached hydrogens (tertiary/aromatic N) is 2. The Balaban J connectivity index is 1.64. The summed E-state index contributed by atoms with van der Waals surface area (Å²) in [7, 11) is 0. The van der Waals surface area contributed by atoms with Gasteiger partial charge in [-0.25, -0.2) is 13.5 Å². The maximum Gasteiger partial charge on any atom is 0.254 e. The molecular formula is C24H25F2N5O2. The second-order valence-corrected chi connectivity index (χ2v) is 8.28. The zero-order chi connectivity index (χ0) is 23.7. The molecule has 0 spiro atoms. The number of hydrogen-bond donors (Lipinski definition) is 3. The molecular weight excluding hydrogens is 428 g/mol. The normalized spacial score (nSPS) is 13.9. The van der Waals surface area contributed by atoms with Gasteiger partial charge in [0, 0.05) is 23.2 Å². The Morgan fingerprint density at radius 1 is 1.15 bits per heavy atom. The largest absolute Gasteiger partial charge is 0.383 e. The van der Waals surface area contributed by atoms with Crippen molar-refractivity contribution in [1.29, 1.82) is 0 Å². The minimum Gasteiger partial charge on any atom is -0.383 e. The van der Waals surface area contributed by atoms with Crippen LogP contribution in [-0.4, -0.2) is 21.6 Å². The highest BCUT2D eigenvalue weighted by Gasteiger charge is 2.29. The van der Waals surface area contributed by atoms with Crippen LogP contribution < -0.4 is 16.8 Å². The number of carbonyl (C=O) groups is 2. The fraction of sp³-hybridized carbons (Fsp3) is 0.292. The van der Waals surface area contributed by atoms with Gasteiger partial charge in [-0.1, -0.05) is 31.0 Å². The minimum atomic E-state index is -0.860. The Hall–Kier alpha value is -3.75. The van der Waals surface area contributed by atoms with E-state index in [1.165, 1.54) is 4.68 Å². The molecule has 0 unspecified atom stereocenters. The van der Waals surface area contributed by atoms with Crippen LogP contribution in [0.3, 0.4) is 0 Å². The first-order valence-corrected chi connectivity index (χ1v) is 10.8. The van der Waals surface area contributed by atoms with Crippen LogP contribution in [0.2, 0.25) is 0 Å². The fourth-order valence-corrected chi connectivity index (χ4v) is 4.31. The molecule has 0 aliphatic heterocycles. The van der Waals surface area contributed by atoms with Gasteiger partial charge in [0.15, 0.2) is 0 Å². The molecule has 3 aromatic rings. The van der Waals surface area contributed by atoms with Gasteiger partial charge in [-0.3, -0.25) is 9.59 Å². The van der Waals surface area contributed by atoms with Crippen LogP contribution in [0.1, 0.15) is 63.6 Å². The molecule has 0 saturated heterocycles. The molecule has 1 saturated carbocycles.